The molecule has 1 aromatic carbocycles. The number of aromatic nitrogens is 4. The maximum Gasteiger partial charge on any atom is 0.277 e. The number of benzene rings is 1. The second kappa shape index (κ2) is 5.58. The molecule has 0 saturated heterocycles. The van der Waals surface area contributed by atoms with E-state index in [9.17, 15) is 4.79 Å². The van der Waals surface area contributed by atoms with Gasteiger partial charge in [0.05, 0.1) is 6.54 Å². The van der Waals surface area contributed by atoms with Gasteiger partial charge in [-0.05, 0) is 24.6 Å². The third-order valence-corrected chi connectivity index (χ3v) is 2.88. The van der Waals surface area contributed by atoms with Crippen LogP contribution in [-0.4, -0.2) is 25.8 Å². The van der Waals surface area contributed by atoms with Crippen LogP contribution in [0.4, 0.5) is 5.69 Å². The molecular formula is C14H13N5O2. The van der Waals surface area contributed by atoms with E-state index in [2.05, 4.69) is 20.6 Å². The van der Waals surface area contributed by atoms with Gasteiger partial charge in [0, 0.05) is 11.8 Å². The smallest absolute Gasteiger partial charge is 0.277 e. The Hall–Kier alpha value is -2.96. The van der Waals surface area contributed by atoms with E-state index >= 15 is 0 Å². The maximum atomic E-state index is 11.9. The molecule has 0 spiro atoms. The highest BCUT2D eigenvalue weighted by molar-refractivity contribution is 6.02. The molecule has 21 heavy (non-hydrogen) atoms. The minimum atomic E-state index is -0.295. The van der Waals surface area contributed by atoms with Gasteiger partial charge in [0.25, 0.3) is 5.91 Å². The van der Waals surface area contributed by atoms with Crippen molar-refractivity contribution >= 4 is 11.6 Å². The lowest BCUT2D eigenvalue weighted by Gasteiger charge is -2.05. The first-order chi connectivity index (χ1) is 10.2. The topological polar surface area (TPSA) is 85.8 Å². The van der Waals surface area contributed by atoms with E-state index < -0.39 is 0 Å². The molecule has 0 aliphatic carbocycles. The molecule has 0 radical (unpaired) electrons. The maximum absolute atomic E-state index is 11.9. The van der Waals surface area contributed by atoms with Gasteiger partial charge in [0.2, 0.25) is 0 Å². The van der Waals surface area contributed by atoms with Crippen LogP contribution in [0.2, 0.25) is 0 Å². The molecular weight excluding hydrogens is 270 g/mol. The molecule has 7 heteroatoms. The fourth-order valence-electron chi connectivity index (χ4n) is 1.86. The van der Waals surface area contributed by atoms with Crippen LogP contribution in [0.15, 0.2) is 47.5 Å². The van der Waals surface area contributed by atoms with Crippen molar-refractivity contribution < 1.29 is 9.32 Å². The third kappa shape index (κ3) is 3.14. The lowest BCUT2D eigenvalue weighted by atomic mass is 10.2. The van der Waals surface area contributed by atoms with Crippen molar-refractivity contribution in [2.45, 2.75) is 13.5 Å². The van der Waals surface area contributed by atoms with Crippen LogP contribution < -0.4 is 5.32 Å². The zero-order valence-corrected chi connectivity index (χ0v) is 11.4. The molecule has 106 valence electrons. The highest BCUT2D eigenvalue weighted by Gasteiger charge is 2.10. The quantitative estimate of drug-likeness (QED) is 0.790. The van der Waals surface area contributed by atoms with Crippen LogP contribution in [0.3, 0.4) is 0 Å². The summed E-state index contributed by atoms with van der Waals surface area (Å²) < 4.78 is 6.60. The molecule has 0 aliphatic heterocycles. The van der Waals surface area contributed by atoms with Crippen LogP contribution in [-0.2, 0) is 6.54 Å². The monoisotopic (exact) mass is 283 g/mol. The van der Waals surface area contributed by atoms with Crippen molar-refractivity contribution in [2.75, 3.05) is 5.32 Å². The highest BCUT2D eigenvalue weighted by Crippen LogP contribution is 2.12. The summed E-state index contributed by atoms with van der Waals surface area (Å²) in [6, 6.07) is 9.10. The fourth-order valence-corrected chi connectivity index (χ4v) is 1.86. The summed E-state index contributed by atoms with van der Waals surface area (Å²) in [5, 5.41) is 10.5. The molecule has 1 amide bonds. The summed E-state index contributed by atoms with van der Waals surface area (Å²) in [5.41, 5.74) is 2.03. The van der Waals surface area contributed by atoms with Crippen molar-refractivity contribution in [3.8, 4) is 0 Å². The van der Waals surface area contributed by atoms with Gasteiger partial charge >= 0.3 is 0 Å². The second-order valence-corrected chi connectivity index (χ2v) is 4.57. The summed E-state index contributed by atoms with van der Waals surface area (Å²) in [5.74, 6) is 0.305. The summed E-state index contributed by atoms with van der Waals surface area (Å²) in [6.45, 7) is 2.37. The van der Waals surface area contributed by atoms with E-state index in [-0.39, 0.29) is 11.6 Å². The molecule has 0 aliphatic rings. The van der Waals surface area contributed by atoms with Crippen LogP contribution in [0.25, 0.3) is 0 Å². The Morgan fingerprint density at radius 1 is 1.33 bits per heavy atom. The van der Waals surface area contributed by atoms with Crippen molar-refractivity contribution in [3.63, 3.8) is 0 Å². The molecule has 3 rings (SSSR count). The standard InChI is InChI=1S/C14H13N5O2/c1-10-6-13(18-21-10)14(20)17-12-4-2-11(3-5-12)7-19-9-15-8-16-19/h2-6,8-9H,7H2,1H3,(H,17,20). The van der Waals surface area contributed by atoms with Gasteiger partial charge in [-0.1, -0.05) is 17.3 Å². The van der Waals surface area contributed by atoms with E-state index in [0.717, 1.165) is 5.56 Å². The zero-order valence-electron chi connectivity index (χ0n) is 11.4. The minimum Gasteiger partial charge on any atom is -0.361 e. The van der Waals surface area contributed by atoms with E-state index in [1.165, 1.54) is 6.33 Å². The number of nitrogens with zero attached hydrogens (tertiary/aromatic N) is 4. The summed E-state index contributed by atoms with van der Waals surface area (Å²) in [6.07, 6.45) is 3.15. The predicted molar refractivity (Wildman–Crippen MR) is 74.8 cm³/mol. The number of carbonyl (C=O) groups is 1. The first-order valence-corrected chi connectivity index (χ1v) is 6.37. The molecule has 0 unspecified atom stereocenters. The second-order valence-electron chi connectivity index (χ2n) is 4.57. The molecule has 0 atom stereocenters. The SMILES string of the molecule is Cc1cc(C(=O)Nc2ccc(Cn3cncn3)cc2)no1. The number of hydrogen-bond donors (Lipinski definition) is 1. The number of rotatable bonds is 4. The Bertz CT molecular complexity index is 731. The molecule has 2 aromatic heterocycles. The minimum absolute atomic E-state index is 0.263. The van der Waals surface area contributed by atoms with Gasteiger partial charge in [-0.3, -0.25) is 4.79 Å². The molecule has 0 saturated carbocycles. The lowest BCUT2D eigenvalue weighted by Crippen LogP contribution is -2.12. The number of amides is 1. The number of aryl methyl sites for hydroxylation is 1. The largest absolute Gasteiger partial charge is 0.361 e. The average Bonchev–Trinajstić information content (AvgIpc) is 3.12. The van der Waals surface area contributed by atoms with Crippen LogP contribution in [0, 0.1) is 6.92 Å². The first kappa shape index (κ1) is 13.0. The summed E-state index contributed by atoms with van der Waals surface area (Å²) in [7, 11) is 0. The summed E-state index contributed by atoms with van der Waals surface area (Å²) >= 11 is 0. The Morgan fingerprint density at radius 3 is 2.76 bits per heavy atom. The fraction of sp³-hybridized carbons (Fsp3) is 0.143. The molecule has 3 aromatic rings. The molecule has 7 nitrogen and oxygen atoms in total. The first-order valence-electron chi connectivity index (χ1n) is 6.37. The van der Waals surface area contributed by atoms with Crippen LogP contribution >= 0.6 is 0 Å². The van der Waals surface area contributed by atoms with Crippen LogP contribution in [0.5, 0.6) is 0 Å². The normalized spacial score (nSPS) is 10.5. The third-order valence-electron chi connectivity index (χ3n) is 2.88. The lowest BCUT2D eigenvalue weighted by molar-refractivity contribution is 0.101. The highest BCUT2D eigenvalue weighted by atomic mass is 16.5. The van der Waals surface area contributed by atoms with Gasteiger partial charge in [-0.15, -0.1) is 0 Å². The van der Waals surface area contributed by atoms with Crippen LogP contribution in [0.1, 0.15) is 21.8 Å². The molecule has 1 N–H and O–H groups in total. The molecule has 0 bridgehead atoms. The van der Waals surface area contributed by atoms with Gasteiger partial charge in [0.1, 0.15) is 18.4 Å². The van der Waals surface area contributed by atoms with Crippen molar-refractivity contribution in [1.29, 1.82) is 0 Å². The van der Waals surface area contributed by atoms with Crippen molar-refractivity contribution in [2.24, 2.45) is 0 Å². The molecule has 0 fully saturated rings. The van der Waals surface area contributed by atoms with E-state index in [0.29, 0.717) is 18.0 Å². The van der Waals surface area contributed by atoms with E-state index in [1.807, 2.05) is 24.3 Å². The van der Waals surface area contributed by atoms with E-state index in [4.69, 9.17) is 4.52 Å². The Labute approximate surface area is 120 Å². The van der Waals surface area contributed by atoms with Gasteiger partial charge in [0.15, 0.2) is 5.69 Å². The number of hydrogen-bond acceptors (Lipinski definition) is 5. The number of carbonyl (C=O) groups excluding carboxylic acids is 1. The molecule has 2 heterocycles. The number of anilines is 1. The Morgan fingerprint density at radius 2 is 2.14 bits per heavy atom. The zero-order chi connectivity index (χ0) is 14.7. The predicted octanol–water partition coefficient (Wildman–Crippen LogP) is 1.88. The Balaban J connectivity index is 1.65. The summed E-state index contributed by atoms with van der Waals surface area (Å²) in [4.78, 5) is 15.8. The Kier molecular flexibility index (Phi) is 3.46. The van der Waals surface area contributed by atoms with Crippen molar-refractivity contribution in [1.82, 2.24) is 19.9 Å². The van der Waals surface area contributed by atoms with Gasteiger partial charge in [-0.25, -0.2) is 9.67 Å². The van der Waals surface area contributed by atoms with Gasteiger partial charge < -0.3 is 9.84 Å². The van der Waals surface area contributed by atoms with E-state index in [1.54, 1.807) is 24.0 Å². The van der Waals surface area contributed by atoms with Gasteiger partial charge in [-0.2, -0.15) is 5.10 Å². The van der Waals surface area contributed by atoms with Crippen molar-refractivity contribution in [3.05, 3.63) is 60.0 Å². The average molecular weight is 283 g/mol. The number of nitrogens with one attached hydrogen (secondary N) is 1.